The number of hydrogen-bond donors (Lipinski definition) is 4. The maximum Gasteiger partial charge on any atom is 0.303 e. The van der Waals surface area contributed by atoms with Gasteiger partial charge in [0.25, 0.3) is 5.91 Å². The number of aliphatic carboxylic acids is 1. The predicted octanol–water partition coefficient (Wildman–Crippen LogP) is -1.16. The summed E-state index contributed by atoms with van der Waals surface area (Å²) in [6.07, 6.45) is 0.910. The fourth-order valence-electron chi connectivity index (χ4n) is 1.34. The van der Waals surface area contributed by atoms with Crippen LogP contribution in [0.3, 0.4) is 0 Å². The van der Waals surface area contributed by atoms with Crippen molar-refractivity contribution in [2.24, 2.45) is 12.8 Å². The molecule has 0 spiro atoms. The molecule has 0 aromatic carbocycles. The number of aromatic nitrogens is 2. The van der Waals surface area contributed by atoms with Gasteiger partial charge in [0.15, 0.2) is 0 Å². The van der Waals surface area contributed by atoms with Crippen molar-refractivity contribution in [2.75, 3.05) is 0 Å². The molecule has 1 atom stereocenters. The number of nitrogens with one attached hydrogen (secondary N) is 1. The summed E-state index contributed by atoms with van der Waals surface area (Å²) in [5, 5.41) is 25.4. The van der Waals surface area contributed by atoms with Crippen LogP contribution in [0.25, 0.3) is 0 Å². The van der Waals surface area contributed by atoms with Crippen LogP contribution >= 0.6 is 0 Å². The van der Waals surface area contributed by atoms with Gasteiger partial charge in [-0.1, -0.05) is 0 Å². The molecule has 0 bridgehead atoms. The minimum Gasteiger partial charge on any atom is -0.493 e. The number of carboxylic acid groups (broad SMARTS) is 1. The van der Waals surface area contributed by atoms with Crippen LogP contribution in [0.15, 0.2) is 6.20 Å². The van der Waals surface area contributed by atoms with E-state index in [0.717, 1.165) is 4.57 Å². The molecular formula is C9H14N4O4. The van der Waals surface area contributed by atoms with Crippen molar-refractivity contribution in [3.63, 3.8) is 0 Å². The number of imidazole rings is 1. The zero-order chi connectivity index (χ0) is 13.2. The van der Waals surface area contributed by atoms with Crippen LogP contribution < -0.4 is 11.4 Å². The molecule has 8 heteroatoms. The lowest BCUT2D eigenvalue weighted by Gasteiger charge is -2.09. The molecule has 1 aromatic heterocycles. The Bertz CT molecular complexity index is 502. The van der Waals surface area contributed by atoms with E-state index in [4.69, 9.17) is 16.2 Å². The standard InChI is InChI=1S/C9H14N4O4/c1-12-4-6(14)13(9(12)11)8(17)5(10)2-3-7(15)16/h4-5,11,14H,2-3,10H2,1H3,(H,15,16)/t5-/m0/s1. The normalized spacial score (nSPS) is 12.4. The number of rotatable bonds is 4. The Kier molecular flexibility index (Phi) is 3.69. The van der Waals surface area contributed by atoms with Crippen LogP contribution in [0.4, 0.5) is 0 Å². The number of carboxylic acids is 1. The summed E-state index contributed by atoms with van der Waals surface area (Å²) in [6, 6.07) is -1.06. The van der Waals surface area contributed by atoms with Crippen molar-refractivity contribution in [1.82, 2.24) is 9.13 Å². The van der Waals surface area contributed by atoms with Crippen LogP contribution in [0.2, 0.25) is 0 Å². The Morgan fingerprint density at radius 2 is 2.18 bits per heavy atom. The van der Waals surface area contributed by atoms with Gasteiger partial charge < -0.3 is 20.5 Å². The number of aryl methyl sites for hydroxylation is 1. The van der Waals surface area contributed by atoms with Gasteiger partial charge in [0.2, 0.25) is 11.5 Å². The van der Waals surface area contributed by atoms with E-state index in [1.165, 1.54) is 17.8 Å². The average molecular weight is 242 g/mol. The van der Waals surface area contributed by atoms with Crippen molar-refractivity contribution in [1.29, 1.82) is 5.41 Å². The molecule has 0 aliphatic rings. The fourth-order valence-corrected chi connectivity index (χ4v) is 1.34. The molecule has 5 N–H and O–H groups in total. The smallest absolute Gasteiger partial charge is 0.303 e. The number of carbonyl (C=O) groups is 2. The molecule has 8 nitrogen and oxygen atoms in total. The molecule has 94 valence electrons. The number of nitrogens with two attached hydrogens (primary N) is 1. The van der Waals surface area contributed by atoms with Crippen LogP contribution in [0.1, 0.15) is 17.6 Å². The fraction of sp³-hybridized carbons (Fsp3) is 0.444. The highest BCUT2D eigenvalue weighted by atomic mass is 16.4. The van der Waals surface area contributed by atoms with Gasteiger partial charge in [-0.3, -0.25) is 15.0 Å². The van der Waals surface area contributed by atoms with Gasteiger partial charge >= 0.3 is 5.97 Å². The monoisotopic (exact) mass is 242 g/mol. The highest BCUT2D eigenvalue weighted by Crippen LogP contribution is 2.07. The second-order valence-electron chi connectivity index (χ2n) is 3.63. The van der Waals surface area contributed by atoms with E-state index in [0.29, 0.717) is 0 Å². The van der Waals surface area contributed by atoms with E-state index >= 15 is 0 Å². The van der Waals surface area contributed by atoms with E-state index in [2.05, 4.69) is 0 Å². The molecule has 17 heavy (non-hydrogen) atoms. The second-order valence-corrected chi connectivity index (χ2v) is 3.63. The van der Waals surface area contributed by atoms with Crippen molar-refractivity contribution >= 4 is 11.9 Å². The maximum atomic E-state index is 11.8. The molecule has 0 fully saturated rings. The molecular weight excluding hydrogens is 228 g/mol. The first-order chi connectivity index (χ1) is 7.84. The summed E-state index contributed by atoms with van der Waals surface area (Å²) in [6.45, 7) is 0. The number of carbonyl (C=O) groups excluding carboxylic acids is 1. The zero-order valence-corrected chi connectivity index (χ0v) is 9.25. The average Bonchev–Trinajstić information content (AvgIpc) is 2.49. The van der Waals surface area contributed by atoms with E-state index in [9.17, 15) is 14.7 Å². The summed E-state index contributed by atoms with van der Waals surface area (Å²) < 4.78 is 1.99. The van der Waals surface area contributed by atoms with Crippen molar-refractivity contribution in [3.8, 4) is 5.88 Å². The Labute approximate surface area is 96.4 Å². The highest BCUT2D eigenvalue weighted by Gasteiger charge is 2.21. The molecule has 1 aromatic rings. The lowest BCUT2D eigenvalue weighted by atomic mass is 10.1. The molecule has 0 unspecified atom stereocenters. The van der Waals surface area contributed by atoms with E-state index in [1.807, 2.05) is 0 Å². The summed E-state index contributed by atoms with van der Waals surface area (Å²) in [4.78, 5) is 22.1. The van der Waals surface area contributed by atoms with Gasteiger partial charge in [-0.25, -0.2) is 4.57 Å². The molecule has 0 saturated heterocycles. The molecule has 1 rings (SSSR count). The van der Waals surface area contributed by atoms with Crippen LogP contribution in [0.5, 0.6) is 5.88 Å². The molecule has 1 heterocycles. The Morgan fingerprint density at radius 1 is 1.59 bits per heavy atom. The third kappa shape index (κ3) is 2.72. The molecule has 0 saturated carbocycles. The molecule has 0 amide bonds. The summed E-state index contributed by atoms with van der Waals surface area (Å²) in [5.41, 5.74) is 5.28. The molecule has 0 radical (unpaired) electrons. The van der Waals surface area contributed by atoms with Crippen molar-refractivity contribution in [3.05, 3.63) is 11.8 Å². The van der Waals surface area contributed by atoms with Gasteiger partial charge in [0, 0.05) is 13.5 Å². The summed E-state index contributed by atoms with van der Waals surface area (Å²) >= 11 is 0. The van der Waals surface area contributed by atoms with Gasteiger partial charge in [-0.2, -0.15) is 0 Å². The third-order valence-corrected chi connectivity index (χ3v) is 2.29. The number of nitrogens with zero attached hydrogens (tertiary/aromatic N) is 2. The van der Waals surface area contributed by atoms with Crippen LogP contribution in [0, 0.1) is 5.41 Å². The van der Waals surface area contributed by atoms with Gasteiger partial charge in [0.05, 0.1) is 12.2 Å². The Morgan fingerprint density at radius 3 is 2.59 bits per heavy atom. The second kappa shape index (κ2) is 4.83. The minimum absolute atomic E-state index is 0.0467. The summed E-state index contributed by atoms with van der Waals surface area (Å²) in [7, 11) is 1.49. The molecule has 0 aliphatic heterocycles. The first kappa shape index (κ1) is 13.0. The highest BCUT2D eigenvalue weighted by molar-refractivity contribution is 5.85. The maximum absolute atomic E-state index is 11.8. The largest absolute Gasteiger partial charge is 0.493 e. The van der Waals surface area contributed by atoms with Crippen LogP contribution in [-0.2, 0) is 11.8 Å². The van der Waals surface area contributed by atoms with E-state index < -0.39 is 23.8 Å². The third-order valence-electron chi connectivity index (χ3n) is 2.29. The SMILES string of the molecule is Cn1cc(O)n(C(=O)[C@@H](N)CCC(=O)O)c1=N. The lowest BCUT2D eigenvalue weighted by Crippen LogP contribution is -2.40. The Hall–Kier alpha value is -2.09. The minimum atomic E-state index is -1.06. The Balaban J connectivity index is 2.89. The lowest BCUT2D eigenvalue weighted by molar-refractivity contribution is -0.137. The van der Waals surface area contributed by atoms with Crippen LogP contribution in [-0.4, -0.2) is 37.3 Å². The van der Waals surface area contributed by atoms with Crippen molar-refractivity contribution in [2.45, 2.75) is 18.9 Å². The van der Waals surface area contributed by atoms with E-state index in [-0.39, 0.29) is 18.5 Å². The zero-order valence-electron chi connectivity index (χ0n) is 9.25. The summed E-state index contributed by atoms with van der Waals surface area (Å²) in [5.74, 6) is -2.15. The number of aromatic hydroxyl groups is 1. The molecule has 0 aliphatic carbocycles. The first-order valence-electron chi connectivity index (χ1n) is 4.88. The van der Waals surface area contributed by atoms with Gasteiger partial charge in [-0.05, 0) is 6.42 Å². The van der Waals surface area contributed by atoms with Gasteiger partial charge in [-0.15, -0.1) is 0 Å². The first-order valence-corrected chi connectivity index (χ1v) is 4.88. The topological polar surface area (TPSA) is 134 Å². The predicted molar refractivity (Wildman–Crippen MR) is 56.4 cm³/mol. The van der Waals surface area contributed by atoms with Crippen molar-refractivity contribution < 1.29 is 19.8 Å². The van der Waals surface area contributed by atoms with Gasteiger partial charge in [0.1, 0.15) is 0 Å². The quantitative estimate of drug-likeness (QED) is 0.528. The number of hydrogen-bond acceptors (Lipinski definition) is 5. The van der Waals surface area contributed by atoms with E-state index in [1.54, 1.807) is 0 Å².